The number of aryl methyl sites for hydroxylation is 2. The normalized spacial score (nSPS) is 14.8. The number of nitrogens with one attached hydrogen (secondary N) is 1. The van der Waals surface area contributed by atoms with E-state index in [4.69, 9.17) is 11.6 Å². The average Bonchev–Trinajstić information content (AvgIpc) is 3.06. The molecule has 0 aliphatic heterocycles. The second kappa shape index (κ2) is 7.78. The minimum Gasteiger partial charge on any atom is -0.481 e. The fourth-order valence-electron chi connectivity index (χ4n) is 3.28. The quantitative estimate of drug-likeness (QED) is 0.755. The molecule has 0 saturated heterocycles. The third kappa shape index (κ3) is 4.26. The Kier molecular flexibility index (Phi) is 5.65. The van der Waals surface area contributed by atoms with Crippen LogP contribution in [0, 0.1) is 0 Å². The van der Waals surface area contributed by atoms with Gasteiger partial charge in [0.2, 0.25) is 10.0 Å². The Morgan fingerprint density at radius 2 is 1.81 bits per heavy atom. The highest BCUT2D eigenvalue weighted by atomic mass is 35.5. The summed E-state index contributed by atoms with van der Waals surface area (Å²) in [4.78, 5) is 11.8. The zero-order valence-corrected chi connectivity index (χ0v) is 15.7. The SMILES string of the molecule is O=C(O)C(CCNS(=O)(=O)c1ccc(Cl)cc1)c1ccc2c(c1)CCC2. The maximum atomic E-state index is 12.3. The topological polar surface area (TPSA) is 83.5 Å². The van der Waals surface area contributed by atoms with Gasteiger partial charge in [0.05, 0.1) is 10.8 Å². The van der Waals surface area contributed by atoms with E-state index < -0.39 is 21.9 Å². The summed E-state index contributed by atoms with van der Waals surface area (Å²) in [5.74, 6) is -1.69. The number of fused-ring (bicyclic) bond motifs is 1. The van der Waals surface area contributed by atoms with Gasteiger partial charge in [-0.3, -0.25) is 4.79 Å². The van der Waals surface area contributed by atoms with Crippen LogP contribution >= 0.6 is 11.6 Å². The van der Waals surface area contributed by atoms with Gasteiger partial charge in [0.1, 0.15) is 0 Å². The summed E-state index contributed by atoms with van der Waals surface area (Å²) in [7, 11) is -3.69. The van der Waals surface area contributed by atoms with Crippen molar-refractivity contribution in [2.45, 2.75) is 36.5 Å². The van der Waals surface area contributed by atoms with Crippen molar-refractivity contribution < 1.29 is 18.3 Å². The molecule has 138 valence electrons. The highest BCUT2D eigenvalue weighted by molar-refractivity contribution is 7.89. The van der Waals surface area contributed by atoms with E-state index in [2.05, 4.69) is 4.72 Å². The van der Waals surface area contributed by atoms with Crippen LogP contribution < -0.4 is 4.72 Å². The lowest BCUT2D eigenvalue weighted by atomic mass is 9.93. The van der Waals surface area contributed by atoms with Crippen molar-refractivity contribution in [2.75, 3.05) is 6.54 Å². The number of carboxylic acids is 1. The largest absolute Gasteiger partial charge is 0.481 e. The van der Waals surface area contributed by atoms with E-state index in [1.165, 1.54) is 35.4 Å². The Morgan fingerprint density at radius 3 is 2.50 bits per heavy atom. The van der Waals surface area contributed by atoms with Gasteiger partial charge in [-0.05, 0) is 66.6 Å². The van der Waals surface area contributed by atoms with Crippen LogP contribution in [0.5, 0.6) is 0 Å². The van der Waals surface area contributed by atoms with Crippen LogP contribution in [0.1, 0.15) is 35.4 Å². The molecule has 26 heavy (non-hydrogen) atoms. The molecular weight excluding hydrogens is 374 g/mol. The molecule has 0 fully saturated rings. The lowest BCUT2D eigenvalue weighted by molar-refractivity contribution is -0.138. The van der Waals surface area contributed by atoms with E-state index >= 15 is 0 Å². The van der Waals surface area contributed by atoms with E-state index in [0.29, 0.717) is 5.02 Å². The van der Waals surface area contributed by atoms with Crippen LogP contribution in [0.4, 0.5) is 0 Å². The summed E-state index contributed by atoms with van der Waals surface area (Å²) >= 11 is 5.77. The van der Waals surface area contributed by atoms with Crippen molar-refractivity contribution >= 4 is 27.6 Å². The van der Waals surface area contributed by atoms with Crippen molar-refractivity contribution in [3.05, 3.63) is 64.2 Å². The highest BCUT2D eigenvalue weighted by Crippen LogP contribution is 2.28. The van der Waals surface area contributed by atoms with Gasteiger partial charge < -0.3 is 5.11 Å². The van der Waals surface area contributed by atoms with Crippen LogP contribution in [-0.4, -0.2) is 26.0 Å². The third-order valence-electron chi connectivity index (χ3n) is 4.67. The number of hydrogen-bond acceptors (Lipinski definition) is 3. The molecule has 2 aromatic carbocycles. The fraction of sp³-hybridized carbons (Fsp3) is 0.316. The van der Waals surface area contributed by atoms with Crippen molar-refractivity contribution in [1.82, 2.24) is 4.72 Å². The highest BCUT2D eigenvalue weighted by Gasteiger charge is 2.23. The number of benzene rings is 2. The van der Waals surface area contributed by atoms with Crippen LogP contribution in [0.2, 0.25) is 5.02 Å². The minimum atomic E-state index is -3.69. The van der Waals surface area contributed by atoms with E-state index in [0.717, 1.165) is 24.8 Å². The van der Waals surface area contributed by atoms with Gasteiger partial charge in [0.25, 0.3) is 0 Å². The molecule has 5 nitrogen and oxygen atoms in total. The molecule has 1 aliphatic rings. The molecule has 2 N–H and O–H groups in total. The van der Waals surface area contributed by atoms with Gasteiger partial charge in [-0.15, -0.1) is 0 Å². The van der Waals surface area contributed by atoms with Gasteiger partial charge >= 0.3 is 5.97 Å². The van der Waals surface area contributed by atoms with Crippen molar-refractivity contribution in [1.29, 1.82) is 0 Å². The molecule has 1 aliphatic carbocycles. The number of hydrogen-bond donors (Lipinski definition) is 2. The molecule has 0 radical (unpaired) electrons. The van der Waals surface area contributed by atoms with E-state index in [9.17, 15) is 18.3 Å². The summed E-state index contributed by atoms with van der Waals surface area (Å²) in [5.41, 5.74) is 3.21. The predicted molar refractivity (Wildman–Crippen MR) is 100 cm³/mol. The van der Waals surface area contributed by atoms with E-state index in [1.54, 1.807) is 0 Å². The standard InChI is InChI=1S/C19H20ClNO4S/c20-16-6-8-17(9-7-16)26(24,25)21-11-10-18(19(22)23)15-5-4-13-2-1-3-14(13)12-15/h4-9,12,18,21H,1-3,10-11H2,(H,22,23). The molecule has 0 saturated carbocycles. The molecule has 0 aromatic heterocycles. The summed E-state index contributed by atoms with van der Waals surface area (Å²) < 4.78 is 27.0. The number of rotatable bonds is 7. The van der Waals surface area contributed by atoms with Crippen LogP contribution in [0.25, 0.3) is 0 Å². The number of aliphatic carboxylic acids is 1. The van der Waals surface area contributed by atoms with Crippen molar-refractivity contribution in [2.24, 2.45) is 0 Å². The van der Waals surface area contributed by atoms with Gasteiger partial charge in [-0.2, -0.15) is 0 Å². The van der Waals surface area contributed by atoms with Crippen LogP contribution in [-0.2, 0) is 27.7 Å². The lowest BCUT2D eigenvalue weighted by Crippen LogP contribution is -2.27. The molecule has 2 aromatic rings. The van der Waals surface area contributed by atoms with Crippen LogP contribution in [0.15, 0.2) is 47.4 Å². The van der Waals surface area contributed by atoms with E-state index in [1.807, 2.05) is 18.2 Å². The second-order valence-electron chi connectivity index (χ2n) is 6.41. The van der Waals surface area contributed by atoms with Crippen LogP contribution in [0.3, 0.4) is 0 Å². The predicted octanol–water partition coefficient (Wildman–Crippen LogP) is 3.37. The summed E-state index contributed by atoms with van der Waals surface area (Å²) in [6.07, 6.45) is 3.28. The molecular formula is C19H20ClNO4S. The summed E-state index contributed by atoms with van der Waals surface area (Å²) in [6, 6.07) is 11.6. The number of carbonyl (C=O) groups is 1. The summed E-state index contributed by atoms with van der Waals surface area (Å²) in [5, 5.41) is 10.0. The molecule has 0 amide bonds. The van der Waals surface area contributed by atoms with Gasteiger partial charge in [-0.25, -0.2) is 13.1 Å². The smallest absolute Gasteiger partial charge is 0.311 e. The van der Waals surface area contributed by atoms with Crippen molar-refractivity contribution in [3.8, 4) is 0 Å². The van der Waals surface area contributed by atoms with Crippen molar-refractivity contribution in [3.63, 3.8) is 0 Å². The number of carboxylic acid groups (broad SMARTS) is 1. The molecule has 0 bridgehead atoms. The fourth-order valence-corrected chi connectivity index (χ4v) is 4.45. The Balaban J connectivity index is 1.68. The van der Waals surface area contributed by atoms with Gasteiger partial charge in [0.15, 0.2) is 0 Å². The van der Waals surface area contributed by atoms with Gasteiger partial charge in [-0.1, -0.05) is 29.8 Å². The first-order valence-corrected chi connectivity index (χ1v) is 10.3. The zero-order chi connectivity index (χ0) is 18.7. The Labute approximate surface area is 158 Å². The first-order valence-electron chi connectivity index (χ1n) is 8.46. The van der Waals surface area contributed by atoms with E-state index in [-0.39, 0.29) is 17.9 Å². The Morgan fingerprint density at radius 1 is 1.12 bits per heavy atom. The maximum Gasteiger partial charge on any atom is 0.311 e. The zero-order valence-electron chi connectivity index (χ0n) is 14.1. The number of halogens is 1. The molecule has 0 heterocycles. The molecule has 1 unspecified atom stereocenters. The van der Waals surface area contributed by atoms with Gasteiger partial charge in [0, 0.05) is 11.6 Å². The third-order valence-corrected chi connectivity index (χ3v) is 6.40. The maximum absolute atomic E-state index is 12.3. The molecule has 3 rings (SSSR count). The first-order chi connectivity index (χ1) is 12.4. The second-order valence-corrected chi connectivity index (χ2v) is 8.62. The molecule has 0 spiro atoms. The lowest BCUT2D eigenvalue weighted by Gasteiger charge is -2.15. The average molecular weight is 394 g/mol. The minimum absolute atomic E-state index is 0.0407. The first kappa shape index (κ1) is 18.9. The Hall–Kier alpha value is -1.89. The Bertz CT molecular complexity index is 910. The monoisotopic (exact) mass is 393 g/mol. The molecule has 1 atom stereocenters. The summed E-state index contributed by atoms with van der Waals surface area (Å²) in [6.45, 7) is 0.0407. The number of sulfonamides is 1. The molecule has 7 heteroatoms.